The third-order valence-electron chi connectivity index (χ3n) is 5.46. The first-order chi connectivity index (χ1) is 8.83. The van der Waals surface area contributed by atoms with Crippen molar-refractivity contribution in [3.05, 3.63) is 0 Å². The molecule has 0 aromatic carbocycles. The van der Waals surface area contributed by atoms with Crippen molar-refractivity contribution < 1.29 is 4.79 Å². The van der Waals surface area contributed by atoms with E-state index in [4.69, 9.17) is 0 Å². The van der Waals surface area contributed by atoms with Crippen LogP contribution in [0.5, 0.6) is 0 Å². The van der Waals surface area contributed by atoms with Crippen molar-refractivity contribution in [2.75, 3.05) is 0 Å². The van der Waals surface area contributed by atoms with Gasteiger partial charge in [0.25, 0.3) is 0 Å². The summed E-state index contributed by atoms with van der Waals surface area (Å²) in [5.41, 5.74) is 0. The van der Waals surface area contributed by atoms with Gasteiger partial charge in [0.05, 0.1) is 0 Å². The first kappa shape index (κ1) is 14.1. The molecule has 0 aromatic heterocycles. The Bertz CT molecular complexity index is 232. The molecule has 2 saturated carbocycles. The summed E-state index contributed by atoms with van der Waals surface area (Å²) in [6, 6.07) is 0. The van der Waals surface area contributed by atoms with Crippen molar-refractivity contribution in [1.29, 1.82) is 0 Å². The first-order valence-corrected chi connectivity index (χ1v) is 8.21. The van der Waals surface area contributed by atoms with Gasteiger partial charge in [-0.25, -0.2) is 0 Å². The molecule has 103 valence electrons. The minimum absolute atomic E-state index is 0.266. The lowest BCUT2D eigenvalue weighted by Gasteiger charge is -2.36. The largest absolute Gasteiger partial charge is 0.291 e. The summed E-state index contributed by atoms with van der Waals surface area (Å²) in [4.78, 5) is 10.7. The van der Waals surface area contributed by atoms with Gasteiger partial charge in [0, 0.05) is 5.92 Å². The number of hydrogen-bond acceptors (Lipinski definition) is 1. The molecule has 0 aromatic rings. The van der Waals surface area contributed by atoms with Crippen LogP contribution in [0.3, 0.4) is 0 Å². The Morgan fingerprint density at radius 2 is 1.44 bits per heavy atom. The second kappa shape index (κ2) is 7.31. The highest BCUT2D eigenvalue weighted by Gasteiger charge is 2.30. The van der Waals surface area contributed by atoms with Crippen LogP contribution in [-0.4, -0.2) is 6.29 Å². The van der Waals surface area contributed by atoms with E-state index in [-0.39, 0.29) is 5.92 Å². The van der Waals surface area contributed by atoms with E-state index in [0.717, 1.165) is 30.6 Å². The van der Waals surface area contributed by atoms with Crippen LogP contribution in [0.25, 0.3) is 0 Å². The lowest BCUT2D eigenvalue weighted by molar-refractivity contribution is 0.154. The van der Waals surface area contributed by atoms with Gasteiger partial charge in [0.1, 0.15) is 0 Å². The molecule has 0 heterocycles. The highest BCUT2D eigenvalue weighted by molar-refractivity contribution is 5.54. The Balaban J connectivity index is 1.68. The smallest absolute Gasteiger partial charge is 0.201 e. The van der Waals surface area contributed by atoms with Gasteiger partial charge in [-0.3, -0.25) is 4.79 Å². The normalized spacial score (nSPS) is 37.4. The molecular formula is C17H29O. The fraction of sp³-hybridized carbons (Fsp3) is 0.941. The summed E-state index contributed by atoms with van der Waals surface area (Å²) in [5, 5.41) is 0. The maximum atomic E-state index is 10.7. The van der Waals surface area contributed by atoms with Crippen LogP contribution in [0, 0.1) is 23.7 Å². The number of unbranched alkanes of at least 4 members (excludes halogenated alkanes) is 1. The Kier molecular flexibility index (Phi) is 5.72. The number of hydrogen-bond donors (Lipinski definition) is 0. The fourth-order valence-corrected chi connectivity index (χ4v) is 4.15. The van der Waals surface area contributed by atoms with E-state index in [2.05, 4.69) is 13.2 Å². The van der Waals surface area contributed by atoms with E-state index < -0.39 is 0 Å². The summed E-state index contributed by atoms with van der Waals surface area (Å²) in [6.45, 7) is 2.30. The SMILES string of the molecule is CCCC[C@H]1CC[C@H]([C@H]2CC[C@H]([C]=O)CC2)CC1. The fourth-order valence-electron chi connectivity index (χ4n) is 4.15. The molecule has 2 fully saturated rings. The molecule has 0 bridgehead atoms. The van der Waals surface area contributed by atoms with Crippen molar-refractivity contribution in [1.82, 2.24) is 0 Å². The van der Waals surface area contributed by atoms with Gasteiger partial charge < -0.3 is 0 Å². The minimum Gasteiger partial charge on any atom is -0.291 e. The highest BCUT2D eigenvalue weighted by atomic mass is 16.1. The molecule has 2 aliphatic carbocycles. The van der Waals surface area contributed by atoms with Crippen LogP contribution in [0.4, 0.5) is 0 Å². The van der Waals surface area contributed by atoms with E-state index in [0.29, 0.717) is 0 Å². The Hall–Kier alpha value is -0.330. The molecule has 0 N–H and O–H groups in total. The summed E-state index contributed by atoms with van der Waals surface area (Å²) in [7, 11) is 0. The molecule has 1 radical (unpaired) electrons. The topological polar surface area (TPSA) is 17.1 Å². The molecule has 2 rings (SSSR count). The van der Waals surface area contributed by atoms with Gasteiger partial charge in [-0.1, -0.05) is 39.0 Å². The third-order valence-corrected chi connectivity index (χ3v) is 5.46. The van der Waals surface area contributed by atoms with Gasteiger partial charge in [-0.05, 0) is 56.3 Å². The molecular weight excluding hydrogens is 220 g/mol. The quantitative estimate of drug-likeness (QED) is 0.677. The van der Waals surface area contributed by atoms with Crippen molar-refractivity contribution in [3.63, 3.8) is 0 Å². The van der Waals surface area contributed by atoms with Gasteiger partial charge in [-0.15, -0.1) is 0 Å². The Morgan fingerprint density at radius 3 is 1.94 bits per heavy atom. The predicted octanol–water partition coefficient (Wildman–Crippen LogP) is 4.90. The van der Waals surface area contributed by atoms with Crippen LogP contribution >= 0.6 is 0 Å². The van der Waals surface area contributed by atoms with Gasteiger partial charge in [-0.2, -0.15) is 0 Å². The van der Waals surface area contributed by atoms with E-state index in [9.17, 15) is 4.79 Å². The van der Waals surface area contributed by atoms with E-state index in [1.807, 2.05) is 0 Å². The van der Waals surface area contributed by atoms with Crippen LogP contribution in [0.1, 0.15) is 77.6 Å². The molecule has 0 saturated heterocycles. The predicted molar refractivity (Wildman–Crippen MR) is 76.1 cm³/mol. The van der Waals surface area contributed by atoms with Crippen LogP contribution in [0.15, 0.2) is 0 Å². The summed E-state index contributed by atoms with van der Waals surface area (Å²) < 4.78 is 0. The van der Waals surface area contributed by atoms with Crippen molar-refractivity contribution in [2.45, 2.75) is 77.6 Å². The average molecular weight is 249 g/mol. The Morgan fingerprint density at radius 1 is 0.889 bits per heavy atom. The minimum atomic E-state index is 0.266. The zero-order valence-electron chi connectivity index (χ0n) is 12.0. The van der Waals surface area contributed by atoms with Crippen molar-refractivity contribution >= 4 is 6.29 Å². The number of rotatable bonds is 5. The molecule has 2 aliphatic rings. The molecule has 0 unspecified atom stereocenters. The zero-order valence-corrected chi connectivity index (χ0v) is 12.0. The zero-order chi connectivity index (χ0) is 12.8. The lowest BCUT2D eigenvalue weighted by atomic mass is 9.69. The Labute approximate surface area is 113 Å². The second-order valence-electron chi connectivity index (χ2n) is 6.65. The van der Waals surface area contributed by atoms with E-state index in [1.54, 1.807) is 0 Å². The number of carbonyl (C=O) groups excluding carboxylic acids is 1. The van der Waals surface area contributed by atoms with Crippen LogP contribution in [0.2, 0.25) is 0 Å². The van der Waals surface area contributed by atoms with Gasteiger partial charge in [0.2, 0.25) is 6.29 Å². The monoisotopic (exact) mass is 249 g/mol. The van der Waals surface area contributed by atoms with Crippen LogP contribution < -0.4 is 0 Å². The second-order valence-corrected chi connectivity index (χ2v) is 6.65. The lowest BCUT2D eigenvalue weighted by Crippen LogP contribution is -2.26. The maximum Gasteiger partial charge on any atom is 0.201 e. The molecule has 0 spiro atoms. The maximum absolute atomic E-state index is 10.7. The van der Waals surface area contributed by atoms with Crippen molar-refractivity contribution in [3.8, 4) is 0 Å². The van der Waals surface area contributed by atoms with Crippen molar-refractivity contribution in [2.24, 2.45) is 23.7 Å². The summed E-state index contributed by atoms with van der Waals surface area (Å²) >= 11 is 0. The third kappa shape index (κ3) is 3.83. The summed E-state index contributed by atoms with van der Waals surface area (Å²) in [5.74, 6) is 3.21. The summed E-state index contributed by atoms with van der Waals surface area (Å²) in [6.07, 6.45) is 17.2. The molecule has 0 amide bonds. The van der Waals surface area contributed by atoms with Crippen LogP contribution in [-0.2, 0) is 4.79 Å². The molecule has 0 atom stereocenters. The molecule has 0 aliphatic heterocycles. The van der Waals surface area contributed by atoms with E-state index in [1.165, 1.54) is 57.8 Å². The molecule has 18 heavy (non-hydrogen) atoms. The average Bonchev–Trinajstić information content (AvgIpc) is 2.46. The highest BCUT2D eigenvalue weighted by Crippen LogP contribution is 2.41. The first-order valence-electron chi connectivity index (χ1n) is 8.21. The molecule has 1 heteroatoms. The van der Waals surface area contributed by atoms with Gasteiger partial charge in [0.15, 0.2) is 0 Å². The molecule has 1 nitrogen and oxygen atoms in total. The van der Waals surface area contributed by atoms with E-state index >= 15 is 0 Å². The standard InChI is InChI=1S/C17H29O/c1-2-3-4-14-5-9-16(10-6-14)17-11-7-15(13-18)8-12-17/h14-17H,2-12H2,1H3/t14-,15-,16-,17-. The van der Waals surface area contributed by atoms with Gasteiger partial charge >= 0.3 is 0 Å².